The van der Waals surface area contributed by atoms with Gasteiger partial charge in [-0.15, -0.1) is 0 Å². The monoisotopic (exact) mass is 934 g/mol. The van der Waals surface area contributed by atoms with Crippen LogP contribution in [0.4, 0.5) is 0 Å². The number of thioether (sulfide) groups is 1. The van der Waals surface area contributed by atoms with E-state index in [9.17, 15) is 55.9 Å². The Morgan fingerprint density at radius 2 is 1.47 bits per heavy atom. The van der Waals surface area contributed by atoms with E-state index in [1.807, 2.05) is 27.7 Å². The van der Waals surface area contributed by atoms with Gasteiger partial charge in [-0.2, -0.15) is 0 Å². The van der Waals surface area contributed by atoms with E-state index in [1.165, 1.54) is 0 Å². The van der Waals surface area contributed by atoms with Gasteiger partial charge >= 0.3 is 5.97 Å². The summed E-state index contributed by atoms with van der Waals surface area (Å²) in [5.41, 5.74) is -4.33. The highest BCUT2D eigenvalue weighted by Gasteiger charge is 2.79. The number of rotatable bonds is 10. The normalized spacial score (nSPS) is 57.2. The molecule has 5 saturated heterocycles. The molecule has 0 amide bonds. The third-order valence-corrected chi connectivity index (χ3v) is 19.0. The second-order valence-corrected chi connectivity index (χ2v) is 22.5. The zero-order valence-electron chi connectivity index (χ0n) is 37.5. The average Bonchev–Trinajstić information content (AvgIpc) is 3.95. The van der Waals surface area contributed by atoms with Gasteiger partial charge in [-0.25, -0.2) is 0 Å². The third-order valence-electron chi connectivity index (χ3n) is 18.4. The first-order valence-electron chi connectivity index (χ1n) is 23.1. The van der Waals surface area contributed by atoms with Crippen LogP contribution in [0.5, 0.6) is 0 Å². The Balaban J connectivity index is 0.882. The maximum atomic E-state index is 12.8. The van der Waals surface area contributed by atoms with E-state index < -0.39 is 132 Å². The van der Waals surface area contributed by atoms with Crippen LogP contribution >= 0.6 is 11.8 Å². The van der Waals surface area contributed by atoms with Gasteiger partial charge in [0.25, 0.3) is 0 Å². The van der Waals surface area contributed by atoms with Crippen LogP contribution in [0.15, 0.2) is 0 Å². The van der Waals surface area contributed by atoms with Gasteiger partial charge in [0.15, 0.2) is 12.6 Å². The first-order valence-corrected chi connectivity index (χ1v) is 24.3. The van der Waals surface area contributed by atoms with Crippen LogP contribution in [0.25, 0.3) is 0 Å². The maximum Gasteiger partial charge on any atom is 0.320 e. The molecule has 19 nitrogen and oxygen atoms in total. The van der Waals surface area contributed by atoms with Gasteiger partial charge in [0, 0.05) is 24.7 Å². The molecule has 9 fully saturated rings. The van der Waals surface area contributed by atoms with E-state index in [0.717, 1.165) is 37.4 Å². The summed E-state index contributed by atoms with van der Waals surface area (Å²) in [6.45, 7) is 11.0. The van der Waals surface area contributed by atoms with Gasteiger partial charge in [-0.1, -0.05) is 32.5 Å². The van der Waals surface area contributed by atoms with Crippen molar-refractivity contribution in [3.05, 3.63) is 0 Å². The predicted octanol–water partition coefficient (Wildman–Crippen LogP) is -1.36. The molecule has 366 valence electrons. The van der Waals surface area contributed by atoms with Crippen LogP contribution in [0.1, 0.15) is 86.5 Å². The van der Waals surface area contributed by atoms with Crippen molar-refractivity contribution in [2.24, 2.45) is 40.4 Å². The fourth-order valence-electron chi connectivity index (χ4n) is 14.2. The minimum Gasteiger partial charge on any atom is -0.394 e. The smallest absolute Gasteiger partial charge is 0.320 e. The first-order chi connectivity index (χ1) is 29.9. The zero-order valence-corrected chi connectivity index (χ0v) is 38.4. The number of hydrogen-bond acceptors (Lipinski definition) is 20. The standard InChI is InChI=1S/C44H70O19S/c1-17(22-14-41(5)39(2,3)62-44(61-22,63-41)34(53)36(54)64-7)19-8-9-20-26-21(10-11-40(19,20)4)42(6)25(46)12-18(13-43(42,55)35-33(26)60-35)57-38-32(52)30(50)28(48)24(59-38)16-56-37-31(51)29(49)27(47)23(15-45)58-37/h17-35,37-38,45-53,55H,8-16H2,1-7H3/t17-,18-,19+,20-,21-,22+,23+,24+,25-,26-,27+,28+,29-,30-,31+,32+,33-,34-,35-,37+,38+,40+,41+,42-,43-,44-/m0/s1. The summed E-state index contributed by atoms with van der Waals surface area (Å²) in [6.07, 6.45) is -15.0. The van der Waals surface area contributed by atoms with E-state index in [1.54, 1.807) is 6.26 Å². The number of carbonyl (C=O) groups is 1. The maximum absolute atomic E-state index is 12.8. The molecule has 26 atom stereocenters. The van der Waals surface area contributed by atoms with Gasteiger partial charge in [0.2, 0.25) is 11.2 Å². The highest BCUT2D eigenvalue weighted by molar-refractivity contribution is 8.13. The number of hydrogen-bond donors (Lipinski definition) is 10. The van der Waals surface area contributed by atoms with Gasteiger partial charge in [0.1, 0.15) is 66.1 Å². The quantitative estimate of drug-likeness (QED) is 0.0894. The Morgan fingerprint density at radius 1 is 0.812 bits per heavy atom. The lowest BCUT2D eigenvalue weighted by Gasteiger charge is -2.64. The molecule has 5 heterocycles. The summed E-state index contributed by atoms with van der Waals surface area (Å²) in [6, 6.07) is 0. The van der Waals surface area contributed by atoms with Gasteiger partial charge < -0.3 is 89.0 Å². The Kier molecular flexibility index (Phi) is 12.4. The molecule has 4 aliphatic carbocycles. The molecular formula is C44H70O19S. The Bertz CT molecular complexity index is 1760. The van der Waals surface area contributed by atoms with Crippen molar-refractivity contribution >= 4 is 16.9 Å². The van der Waals surface area contributed by atoms with E-state index in [-0.39, 0.29) is 60.1 Å². The molecule has 0 spiro atoms. The molecule has 0 radical (unpaired) electrons. The average molecular weight is 935 g/mol. The minimum atomic E-state index is -1.92. The fraction of sp³-hybridized carbons (Fsp3) is 0.977. The number of ether oxygens (including phenoxy) is 8. The summed E-state index contributed by atoms with van der Waals surface area (Å²) in [7, 11) is 0. The molecule has 20 heteroatoms. The summed E-state index contributed by atoms with van der Waals surface area (Å²) in [4.78, 5) is 12.8. The SMILES string of the molecule is CSC(=O)[C@H](O)[C@@]12O[C@@H]([C@@H](C)[C@H]3CC[C@H]4[C@@H]5[C@@H]6O[C@@H]6[C@@]6(O)C[C@@H](O[C@@H]7O[C@H](CO[C@@H]8O[C@H](CO)[C@@H](O)[C@H](O)[C@H]8O)[C@@H](O)[C@H](O)[C@H]7O)C[C@H](O)[C@]6(C)[C@H]5CC[C@]34C)C[C@@](C)(O1)C(C)(C)O2. The molecular weight excluding hydrogens is 865 g/mol. The van der Waals surface area contributed by atoms with Crippen LogP contribution < -0.4 is 0 Å². The number of aliphatic hydroxyl groups is 10. The highest BCUT2D eigenvalue weighted by atomic mass is 32.2. The minimum absolute atomic E-state index is 0.00399. The molecule has 64 heavy (non-hydrogen) atoms. The molecule has 0 unspecified atom stereocenters. The van der Waals surface area contributed by atoms with Crippen LogP contribution in [0, 0.1) is 40.4 Å². The highest BCUT2D eigenvalue weighted by Crippen LogP contribution is 2.73. The molecule has 10 N–H and O–H groups in total. The van der Waals surface area contributed by atoms with Crippen molar-refractivity contribution in [1.29, 1.82) is 0 Å². The number of epoxide rings is 1. The van der Waals surface area contributed by atoms with E-state index in [0.29, 0.717) is 6.42 Å². The van der Waals surface area contributed by atoms with E-state index >= 15 is 0 Å². The van der Waals surface area contributed by atoms with Crippen LogP contribution in [-0.4, -0.2) is 196 Å². The van der Waals surface area contributed by atoms with Crippen molar-refractivity contribution in [2.75, 3.05) is 19.5 Å². The van der Waals surface area contributed by atoms with Crippen LogP contribution in [-0.2, 0) is 42.7 Å². The van der Waals surface area contributed by atoms with Gasteiger partial charge in [-0.3, -0.25) is 4.79 Å². The van der Waals surface area contributed by atoms with Crippen LogP contribution in [0.3, 0.4) is 0 Å². The predicted molar refractivity (Wildman–Crippen MR) is 219 cm³/mol. The van der Waals surface area contributed by atoms with E-state index in [4.69, 9.17) is 37.9 Å². The number of aliphatic hydroxyl groups excluding tert-OH is 9. The number of fused-ring (bicyclic) bond motifs is 10. The summed E-state index contributed by atoms with van der Waals surface area (Å²) in [5.74, 6) is -1.53. The summed E-state index contributed by atoms with van der Waals surface area (Å²) in [5, 5.41) is 109. The second kappa shape index (κ2) is 16.4. The lowest BCUT2D eigenvalue weighted by molar-refractivity contribution is -0.417. The molecule has 9 aliphatic rings. The van der Waals surface area contributed by atoms with Gasteiger partial charge in [0.05, 0.1) is 43.2 Å². The summed E-state index contributed by atoms with van der Waals surface area (Å²) < 4.78 is 48.9. The Morgan fingerprint density at radius 3 is 2.14 bits per heavy atom. The van der Waals surface area contributed by atoms with Crippen molar-refractivity contribution in [3.63, 3.8) is 0 Å². The largest absolute Gasteiger partial charge is 0.394 e. The molecule has 9 rings (SSSR count). The molecule has 5 aliphatic heterocycles. The van der Waals surface area contributed by atoms with Crippen molar-refractivity contribution in [2.45, 2.75) is 207 Å². The summed E-state index contributed by atoms with van der Waals surface area (Å²) >= 11 is 0.896. The lowest BCUT2D eigenvalue weighted by Crippen LogP contribution is -2.71. The number of carbonyl (C=O) groups excluding carboxylic acids is 1. The molecule has 0 aromatic carbocycles. The first kappa shape index (κ1) is 48.3. The Hall–Kier alpha value is -0.700. The Labute approximate surface area is 377 Å². The van der Waals surface area contributed by atoms with Crippen molar-refractivity contribution < 1.29 is 93.8 Å². The van der Waals surface area contributed by atoms with Crippen LogP contribution in [0.2, 0.25) is 0 Å². The van der Waals surface area contributed by atoms with Crippen molar-refractivity contribution in [1.82, 2.24) is 0 Å². The molecule has 0 aromatic rings. The van der Waals surface area contributed by atoms with E-state index in [2.05, 4.69) is 13.8 Å². The fourth-order valence-corrected chi connectivity index (χ4v) is 14.6. The molecule has 2 bridgehead atoms. The lowest BCUT2D eigenvalue weighted by atomic mass is 9.42. The third kappa shape index (κ3) is 7.01. The molecule has 4 saturated carbocycles. The molecule has 0 aromatic heterocycles. The topological polar surface area (TPSA) is 297 Å². The van der Waals surface area contributed by atoms with Crippen molar-refractivity contribution in [3.8, 4) is 0 Å². The second-order valence-electron chi connectivity index (χ2n) is 21.7. The zero-order chi connectivity index (χ0) is 46.4. The van der Waals surface area contributed by atoms with Gasteiger partial charge in [-0.05, 0) is 87.7 Å².